The SMILES string of the molecule is CC(C)C(NC(=O)c1ccccc1F)C(=O)OCC(=O)NC(=O)C1CCCCC1. The number of rotatable bonds is 7. The van der Waals surface area contributed by atoms with Gasteiger partial charge < -0.3 is 10.1 Å². The van der Waals surface area contributed by atoms with E-state index >= 15 is 0 Å². The molecule has 2 rings (SSSR count). The zero-order valence-corrected chi connectivity index (χ0v) is 16.7. The van der Waals surface area contributed by atoms with E-state index in [1.807, 2.05) is 0 Å². The Hall–Kier alpha value is -2.77. The molecule has 1 unspecified atom stereocenters. The fraction of sp³-hybridized carbons (Fsp3) is 0.524. The van der Waals surface area contributed by atoms with Crippen molar-refractivity contribution >= 4 is 23.7 Å². The molecule has 3 amide bonds. The van der Waals surface area contributed by atoms with Crippen molar-refractivity contribution in [3.63, 3.8) is 0 Å². The number of benzene rings is 1. The molecule has 0 bridgehead atoms. The van der Waals surface area contributed by atoms with Crippen molar-refractivity contribution < 1.29 is 28.3 Å². The summed E-state index contributed by atoms with van der Waals surface area (Å²) in [6.07, 6.45) is 4.50. The Morgan fingerprint density at radius 2 is 1.76 bits per heavy atom. The zero-order chi connectivity index (χ0) is 21.4. The standard InChI is InChI=1S/C21H27FN2O5/c1-13(2)18(24-20(27)15-10-6-7-11-16(15)22)21(28)29-12-17(25)23-19(26)14-8-4-3-5-9-14/h6-7,10-11,13-14,18H,3-5,8-9,12H2,1-2H3,(H,24,27)(H,23,25,26). The highest BCUT2D eigenvalue weighted by Crippen LogP contribution is 2.23. The van der Waals surface area contributed by atoms with Crippen LogP contribution in [0.15, 0.2) is 24.3 Å². The summed E-state index contributed by atoms with van der Waals surface area (Å²) in [6.45, 7) is 2.73. The number of carbonyl (C=O) groups is 4. The molecule has 0 radical (unpaired) electrons. The van der Waals surface area contributed by atoms with E-state index in [0.717, 1.165) is 38.2 Å². The normalized spacial score (nSPS) is 15.4. The van der Waals surface area contributed by atoms with Gasteiger partial charge in [-0.2, -0.15) is 0 Å². The number of esters is 1. The van der Waals surface area contributed by atoms with Crippen LogP contribution in [-0.4, -0.2) is 36.3 Å². The van der Waals surface area contributed by atoms with Gasteiger partial charge in [-0.25, -0.2) is 9.18 Å². The molecular formula is C21H27FN2O5. The summed E-state index contributed by atoms with van der Waals surface area (Å²) in [6, 6.07) is 4.34. The van der Waals surface area contributed by atoms with Gasteiger partial charge in [0.1, 0.15) is 11.9 Å². The molecule has 1 saturated carbocycles. The summed E-state index contributed by atoms with van der Waals surface area (Å²) < 4.78 is 18.7. The monoisotopic (exact) mass is 406 g/mol. The van der Waals surface area contributed by atoms with Crippen LogP contribution in [0.4, 0.5) is 4.39 Å². The Morgan fingerprint density at radius 3 is 2.38 bits per heavy atom. The van der Waals surface area contributed by atoms with Crippen LogP contribution in [0.2, 0.25) is 0 Å². The quantitative estimate of drug-likeness (QED) is 0.677. The van der Waals surface area contributed by atoms with Crippen LogP contribution >= 0.6 is 0 Å². The predicted octanol–water partition coefficient (Wildman–Crippen LogP) is 2.35. The molecule has 1 aromatic rings. The second-order valence-corrected chi connectivity index (χ2v) is 7.53. The Bertz CT molecular complexity index is 759. The average Bonchev–Trinajstić information content (AvgIpc) is 2.70. The van der Waals surface area contributed by atoms with Crippen LogP contribution in [0.1, 0.15) is 56.3 Å². The first-order valence-electron chi connectivity index (χ1n) is 9.85. The van der Waals surface area contributed by atoms with Crippen molar-refractivity contribution in [1.82, 2.24) is 10.6 Å². The number of amides is 3. The third-order valence-corrected chi connectivity index (χ3v) is 4.91. The molecule has 0 saturated heterocycles. The summed E-state index contributed by atoms with van der Waals surface area (Å²) in [5.74, 6) is -3.89. The zero-order valence-electron chi connectivity index (χ0n) is 16.7. The number of carbonyl (C=O) groups excluding carboxylic acids is 4. The van der Waals surface area contributed by atoms with Gasteiger partial charge in [-0.15, -0.1) is 0 Å². The van der Waals surface area contributed by atoms with Gasteiger partial charge in [0.25, 0.3) is 11.8 Å². The van der Waals surface area contributed by atoms with Crippen molar-refractivity contribution in [3.8, 4) is 0 Å². The number of ether oxygens (including phenoxy) is 1. The first kappa shape index (κ1) is 22.5. The van der Waals surface area contributed by atoms with Crippen LogP contribution < -0.4 is 10.6 Å². The molecule has 0 aromatic heterocycles. The van der Waals surface area contributed by atoms with Gasteiger partial charge in [0.2, 0.25) is 5.91 Å². The van der Waals surface area contributed by atoms with E-state index in [0.29, 0.717) is 0 Å². The van der Waals surface area contributed by atoms with E-state index in [1.165, 1.54) is 18.2 Å². The predicted molar refractivity (Wildman–Crippen MR) is 103 cm³/mol. The van der Waals surface area contributed by atoms with E-state index in [1.54, 1.807) is 13.8 Å². The maximum absolute atomic E-state index is 13.8. The topological polar surface area (TPSA) is 102 Å². The van der Waals surface area contributed by atoms with E-state index in [4.69, 9.17) is 4.74 Å². The molecule has 0 heterocycles. The molecule has 7 nitrogen and oxygen atoms in total. The summed E-state index contributed by atoms with van der Waals surface area (Å²) >= 11 is 0. The van der Waals surface area contributed by atoms with Crippen LogP contribution in [0.25, 0.3) is 0 Å². The lowest BCUT2D eigenvalue weighted by Gasteiger charge is -2.22. The molecule has 2 N–H and O–H groups in total. The molecule has 1 aliphatic rings. The van der Waals surface area contributed by atoms with Crippen LogP contribution in [0, 0.1) is 17.7 Å². The number of nitrogens with one attached hydrogen (secondary N) is 2. The maximum Gasteiger partial charge on any atom is 0.329 e. The fourth-order valence-corrected chi connectivity index (χ4v) is 3.23. The van der Waals surface area contributed by atoms with Gasteiger partial charge in [0.05, 0.1) is 5.56 Å². The molecule has 1 aliphatic carbocycles. The Kier molecular flexibility index (Phi) is 8.30. The van der Waals surface area contributed by atoms with E-state index in [-0.39, 0.29) is 23.3 Å². The number of imide groups is 1. The first-order chi connectivity index (χ1) is 13.8. The highest BCUT2D eigenvalue weighted by Gasteiger charge is 2.28. The number of halogens is 1. The average molecular weight is 406 g/mol. The van der Waals surface area contributed by atoms with E-state index in [2.05, 4.69) is 10.6 Å². The van der Waals surface area contributed by atoms with Gasteiger partial charge in [0, 0.05) is 5.92 Å². The molecule has 8 heteroatoms. The minimum atomic E-state index is -1.07. The Labute approximate surface area is 169 Å². The Morgan fingerprint density at radius 1 is 1.10 bits per heavy atom. The Balaban J connectivity index is 1.87. The summed E-state index contributed by atoms with van der Waals surface area (Å²) in [7, 11) is 0. The lowest BCUT2D eigenvalue weighted by molar-refractivity contribution is -0.152. The summed E-state index contributed by atoms with van der Waals surface area (Å²) in [4.78, 5) is 48.6. The minimum Gasteiger partial charge on any atom is -0.454 e. The van der Waals surface area contributed by atoms with Gasteiger partial charge in [-0.1, -0.05) is 45.2 Å². The number of hydrogen-bond donors (Lipinski definition) is 2. The van der Waals surface area contributed by atoms with Crippen molar-refractivity contribution in [3.05, 3.63) is 35.6 Å². The van der Waals surface area contributed by atoms with Gasteiger partial charge in [-0.3, -0.25) is 19.7 Å². The highest BCUT2D eigenvalue weighted by molar-refractivity contribution is 5.99. The van der Waals surface area contributed by atoms with Gasteiger partial charge in [0.15, 0.2) is 6.61 Å². The van der Waals surface area contributed by atoms with Crippen molar-refractivity contribution in [1.29, 1.82) is 0 Å². The van der Waals surface area contributed by atoms with Crippen LogP contribution in [0.5, 0.6) is 0 Å². The molecule has 1 fully saturated rings. The molecule has 29 heavy (non-hydrogen) atoms. The molecular weight excluding hydrogens is 379 g/mol. The summed E-state index contributed by atoms with van der Waals surface area (Å²) in [5.41, 5.74) is -0.193. The molecule has 1 aromatic carbocycles. The van der Waals surface area contributed by atoms with Gasteiger partial charge >= 0.3 is 5.97 Å². The second-order valence-electron chi connectivity index (χ2n) is 7.53. The van der Waals surface area contributed by atoms with Crippen molar-refractivity contribution in [2.24, 2.45) is 11.8 Å². The lowest BCUT2D eigenvalue weighted by atomic mass is 9.89. The van der Waals surface area contributed by atoms with Crippen molar-refractivity contribution in [2.45, 2.75) is 52.0 Å². The third-order valence-electron chi connectivity index (χ3n) is 4.91. The third kappa shape index (κ3) is 6.66. The molecule has 1 atom stereocenters. The summed E-state index contributed by atoms with van der Waals surface area (Å²) in [5, 5.41) is 4.69. The van der Waals surface area contributed by atoms with Crippen molar-refractivity contribution in [2.75, 3.05) is 6.61 Å². The van der Waals surface area contributed by atoms with Gasteiger partial charge in [-0.05, 0) is 30.9 Å². The number of hydrogen-bond acceptors (Lipinski definition) is 5. The van der Waals surface area contributed by atoms with E-state index in [9.17, 15) is 23.6 Å². The maximum atomic E-state index is 13.8. The largest absolute Gasteiger partial charge is 0.454 e. The van der Waals surface area contributed by atoms with Crippen LogP contribution in [0.3, 0.4) is 0 Å². The highest BCUT2D eigenvalue weighted by atomic mass is 19.1. The first-order valence-corrected chi connectivity index (χ1v) is 9.85. The smallest absolute Gasteiger partial charge is 0.329 e. The fourth-order valence-electron chi connectivity index (χ4n) is 3.23. The molecule has 0 spiro atoms. The van der Waals surface area contributed by atoms with E-state index < -0.39 is 36.2 Å². The second kappa shape index (κ2) is 10.7. The molecule has 0 aliphatic heterocycles. The van der Waals surface area contributed by atoms with Crippen LogP contribution in [-0.2, 0) is 19.1 Å². The lowest BCUT2D eigenvalue weighted by Crippen LogP contribution is -2.46. The molecule has 158 valence electrons. The minimum absolute atomic E-state index is 0.188.